The van der Waals surface area contributed by atoms with E-state index < -0.39 is 17.2 Å². The lowest BCUT2D eigenvalue weighted by molar-refractivity contribution is 0.0933. The summed E-state index contributed by atoms with van der Waals surface area (Å²) in [6.45, 7) is 2.04. The number of nitrogens with two attached hydrogens (primary N) is 1. The first kappa shape index (κ1) is 22.8. The molecule has 0 aliphatic heterocycles. The molecule has 178 valence electrons. The number of aryl methyl sites for hydroxylation is 1. The molecule has 2 heterocycles. The summed E-state index contributed by atoms with van der Waals surface area (Å²) in [6.07, 6.45) is 2.51. The Morgan fingerprint density at radius 2 is 1.77 bits per heavy atom. The number of carbonyl (C=O) groups excluding carboxylic acids is 1. The highest BCUT2D eigenvalue weighted by Crippen LogP contribution is 2.38. The average Bonchev–Trinajstić information content (AvgIpc) is 3.48. The van der Waals surface area contributed by atoms with Crippen molar-refractivity contribution >= 4 is 22.9 Å². The average molecular weight is 488 g/mol. The number of thiazole rings is 1. The van der Waals surface area contributed by atoms with Crippen molar-refractivity contribution in [2.75, 3.05) is 5.73 Å². The van der Waals surface area contributed by atoms with Crippen molar-refractivity contribution in [1.29, 1.82) is 0 Å². The lowest BCUT2D eigenvalue weighted by atomic mass is 9.96. The van der Waals surface area contributed by atoms with Crippen LogP contribution in [0.4, 0.5) is 5.69 Å². The van der Waals surface area contributed by atoms with Crippen LogP contribution in [-0.2, 0) is 0 Å². The molecule has 2 aromatic carbocycles. The first-order chi connectivity index (χ1) is 16.9. The minimum atomic E-state index is -0.768. The van der Waals surface area contributed by atoms with Crippen molar-refractivity contribution in [3.05, 3.63) is 92.4 Å². The highest BCUT2D eigenvalue weighted by Gasteiger charge is 2.28. The Morgan fingerprint density at radius 3 is 2.51 bits per heavy atom. The van der Waals surface area contributed by atoms with Crippen LogP contribution >= 0.6 is 11.3 Å². The summed E-state index contributed by atoms with van der Waals surface area (Å²) in [7, 11) is 0. The van der Waals surface area contributed by atoms with Crippen LogP contribution in [-0.4, -0.2) is 26.9 Å². The number of nitrogens with one attached hydrogen (secondary N) is 3. The molecule has 2 aromatic heterocycles. The Hall–Kier alpha value is -3.98. The highest BCUT2D eigenvalue weighted by molar-refractivity contribution is 7.18. The third-order valence-electron chi connectivity index (χ3n) is 6.44. The summed E-state index contributed by atoms with van der Waals surface area (Å²) < 4.78 is 0. The van der Waals surface area contributed by atoms with E-state index in [4.69, 9.17) is 10.7 Å². The van der Waals surface area contributed by atoms with Crippen molar-refractivity contribution < 1.29 is 4.79 Å². The van der Waals surface area contributed by atoms with Gasteiger partial charge in [0.2, 0.25) is 0 Å². The molecule has 5 rings (SSSR count). The van der Waals surface area contributed by atoms with Gasteiger partial charge in [0.15, 0.2) is 0 Å². The van der Waals surface area contributed by atoms with E-state index in [0.29, 0.717) is 5.92 Å². The Kier molecular flexibility index (Phi) is 6.08. The zero-order valence-electron chi connectivity index (χ0n) is 19.1. The Balaban J connectivity index is 1.27. The summed E-state index contributed by atoms with van der Waals surface area (Å²) in [5.41, 5.74) is 8.16. The van der Waals surface area contributed by atoms with E-state index in [-0.39, 0.29) is 17.4 Å². The lowest BCUT2D eigenvalue weighted by Gasteiger charge is -2.14. The van der Waals surface area contributed by atoms with E-state index in [1.54, 1.807) is 11.3 Å². The summed E-state index contributed by atoms with van der Waals surface area (Å²) in [6, 6.07) is 18.7. The number of hydrogen-bond acceptors (Lipinski definition) is 6. The van der Waals surface area contributed by atoms with Crippen LogP contribution in [0.3, 0.4) is 0 Å². The first-order valence-corrected chi connectivity index (χ1v) is 12.3. The molecule has 1 saturated carbocycles. The molecule has 1 amide bonds. The van der Waals surface area contributed by atoms with Crippen LogP contribution in [0.1, 0.15) is 46.9 Å². The number of benzene rings is 2. The van der Waals surface area contributed by atoms with Gasteiger partial charge in [-0.05, 0) is 43.2 Å². The van der Waals surface area contributed by atoms with E-state index in [1.165, 1.54) is 5.56 Å². The Bertz CT molecular complexity index is 1490. The SMILES string of the molecule is Cc1nc(-c2ccccc2)sc1-c1ccc([C@H]2CC[C@@H](NC(=O)c3[nH]c(=O)[nH]c(=O)c3N)C2)cc1. The number of carbonyl (C=O) groups is 1. The molecule has 5 N–H and O–H groups in total. The van der Waals surface area contributed by atoms with Gasteiger partial charge in [0.1, 0.15) is 16.4 Å². The molecule has 2 atom stereocenters. The molecule has 0 spiro atoms. The van der Waals surface area contributed by atoms with E-state index in [2.05, 4.69) is 46.7 Å². The number of rotatable bonds is 5. The number of nitrogen functional groups attached to an aromatic ring is 1. The third-order valence-corrected chi connectivity index (χ3v) is 7.69. The number of anilines is 1. The second-order valence-electron chi connectivity index (χ2n) is 8.80. The molecule has 0 unspecified atom stereocenters. The predicted octanol–water partition coefficient (Wildman–Crippen LogP) is 3.81. The van der Waals surface area contributed by atoms with Crippen LogP contribution in [0.2, 0.25) is 0 Å². The lowest BCUT2D eigenvalue weighted by Crippen LogP contribution is -2.37. The largest absolute Gasteiger partial charge is 0.392 e. The fraction of sp³-hybridized carbons (Fsp3) is 0.231. The molecule has 0 radical (unpaired) electrons. The summed E-state index contributed by atoms with van der Waals surface area (Å²) >= 11 is 1.69. The maximum Gasteiger partial charge on any atom is 0.326 e. The standard InChI is InChI=1S/C26H25N5O3S/c1-14-22(35-25(28-14)17-5-3-2-4-6-17)16-9-7-15(8-10-16)18-11-12-19(13-18)29-24(33)21-20(27)23(32)31-26(34)30-21/h2-10,18-19H,11-13,27H2,1H3,(H,29,33)(H2,30,31,32,34)/t18-,19+/m0/s1. The van der Waals surface area contributed by atoms with Gasteiger partial charge in [0.05, 0.1) is 10.6 Å². The summed E-state index contributed by atoms with van der Waals surface area (Å²) in [5.74, 6) is -0.228. The van der Waals surface area contributed by atoms with Crippen molar-refractivity contribution in [1.82, 2.24) is 20.3 Å². The zero-order valence-corrected chi connectivity index (χ0v) is 19.9. The minimum Gasteiger partial charge on any atom is -0.392 e. The van der Waals surface area contributed by atoms with Gasteiger partial charge in [-0.1, -0.05) is 54.6 Å². The van der Waals surface area contributed by atoms with Gasteiger partial charge in [0.25, 0.3) is 11.5 Å². The van der Waals surface area contributed by atoms with Gasteiger partial charge in [0, 0.05) is 11.6 Å². The topological polar surface area (TPSA) is 134 Å². The number of nitrogens with zero attached hydrogens (tertiary/aromatic N) is 1. The van der Waals surface area contributed by atoms with Crippen LogP contribution < -0.4 is 22.3 Å². The Labute approximate surface area is 205 Å². The molecule has 1 aliphatic carbocycles. The highest BCUT2D eigenvalue weighted by atomic mass is 32.1. The van der Waals surface area contributed by atoms with Crippen molar-refractivity contribution in [2.45, 2.75) is 38.1 Å². The molecule has 9 heteroatoms. The number of hydrogen-bond donors (Lipinski definition) is 4. The molecule has 8 nitrogen and oxygen atoms in total. The molecule has 35 heavy (non-hydrogen) atoms. The van der Waals surface area contributed by atoms with Gasteiger partial charge in [-0.25, -0.2) is 9.78 Å². The number of aromatic amines is 2. The maximum atomic E-state index is 12.6. The van der Waals surface area contributed by atoms with Gasteiger partial charge in [-0.2, -0.15) is 0 Å². The van der Waals surface area contributed by atoms with Crippen molar-refractivity contribution in [3.63, 3.8) is 0 Å². The number of H-pyrrole nitrogens is 2. The molecule has 1 aliphatic rings. The molecule has 0 saturated heterocycles. The molecule has 4 aromatic rings. The van der Waals surface area contributed by atoms with E-state index in [0.717, 1.165) is 46.0 Å². The van der Waals surface area contributed by atoms with Gasteiger partial charge in [-0.3, -0.25) is 14.6 Å². The van der Waals surface area contributed by atoms with Gasteiger partial charge < -0.3 is 16.0 Å². The van der Waals surface area contributed by atoms with Gasteiger partial charge in [-0.15, -0.1) is 11.3 Å². The van der Waals surface area contributed by atoms with Crippen LogP contribution in [0.15, 0.2) is 64.2 Å². The smallest absolute Gasteiger partial charge is 0.326 e. The molecule has 1 fully saturated rings. The molecular formula is C26H25N5O3S. The quantitative estimate of drug-likeness (QED) is 0.340. The van der Waals surface area contributed by atoms with Crippen LogP contribution in [0, 0.1) is 6.92 Å². The molecular weight excluding hydrogens is 462 g/mol. The van der Waals surface area contributed by atoms with Crippen molar-refractivity contribution in [3.8, 4) is 21.0 Å². The normalized spacial score (nSPS) is 17.4. The van der Waals surface area contributed by atoms with E-state index in [9.17, 15) is 14.4 Å². The summed E-state index contributed by atoms with van der Waals surface area (Å²) in [4.78, 5) is 46.0. The van der Waals surface area contributed by atoms with Crippen LogP contribution in [0.5, 0.6) is 0 Å². The van der Waals surface area contributed by atoms with E-state index in [1.807, 2.05) is 30.1 Å². The number of aromatic nitrogens is 3. The van der Waals surface area contributed by atoms with E-state index >= 15 is 0 Å². The van der Waals surface area contributed by atoms with Gasteiger partial charge >= 0.3 is 5.69 Å². The maximum absolute atomic E-state index is 12.6. The zero-order chi connectivity index (χ0) is 24.5. The first-order valence-electron chi connectivity index (χ1n) is 11.4. The van der Waals surface area contributed by atoms with Crippen molar-refractivity contribution in [2.24, 2.45) is 0 Å². The fourth-order valence-electron chi connectivity index (χ4n) is 4.62. The van der Waals surface area contributed by atoms with Crippen LogP contribution in [0.25, 0.3) is 21.0 Å². The molecule has 0 bridgehead atoms. The predicted molar refractivity (Wildman–Crippen MR) is 138 cm³/mol. The minimum absolute atomic E-state index is 0.0634. The third kappa shape index (κ3) is 4.67. The second-order valence-corrected chi connectivity index (χ2v) is 9.80. The summed E-state index contributed by atoms with van der Waals surface area (Å²) in [5, 5.41) is 3.92. The fourth-order valence-corrected chi connectivity index (χ4v) is 5.70. The number of amides is 1. The second kappa shape index (κ2) is 9.34. The monoisotopic (exact) mass is 487 g/mol. The Morgan fingerprint density at radius 1 is 1.03 bits per heavy atom.